The summed E-state index contributed by atoms with van der Waals surface area (Å²) < 4.78 is 37.6. The summed E-state index contributed by atoms with van der Waals surface area (Å²) in [6, 6.07) is 6.13. The van der Waals surface area contributed by atoms with Crippen molar-refractivity contribution >= 4 is 51.3 Å². The summed E-state index contributed by atoms with van der Waals surface area (Å²) in [5.41, 5.74) is -3.75. The van der Waals surface area contributed by atoms with E-state index >= 15 is 9.59 Å². The molecule has 8 rings (SSSR count). The number of carbonyl (C=O) groups excluding carboxylic acids is 6. The van der Waals surface area contributed by atoms with E-state index in [-0.39, 0.29) is 44.9 Å². The van der Waals surface area contributed by atoms with Gasteiger partial charge in [-0.05, 0) is 89.5 Å². The minimum absolute atomic E-state index is 0.0449. The Morgan fingerprint density at radius 2 is 0.926 bits per heavy atom. The number of hydrogen-bond acceptors (Lipinski definition) is 12. The van der Waals surface area contributed by atoms with Gasteiger partial charge in [-0.2, -0.15) is 0 Å². The summed E-state index contributed by atoms with van der Waals surface area (Å²) in [7, 11) is -2.37. The average molecular weight is 771 g/mol. The topological polar surface area (TPSA) is 158 Å². The van der Waals surface area contributed by atoms with Crippen molar-refractivity contribution in [2.75, 3.05) is 14.2 Å². The van der Waals surface area contributed by atoms with E-state index in [2.05, 4.69) is 0 Å². The fourth-order valence-electron chi connectivity index (χ4n) is 10.1. The first-order chi connectivity index (χ1) is 25.2. The quantitative estimate of drug-likeness (QED) is 0.178. The van der Waals surface area contributed by atoms with E-state index in [9.17, 15) is 19.2 Å². The predicted octanol–water partition coefficient (Wildman–Crippen LogP) is 5.54. The van der Waals surface area contributed by atoms with Crippen molar-refractivity contribution in [3.05, 3.63) is 70.8 Å². The van der Waals surface area contributed by atoms with Gasteiger partial charge >= 0.3 is 0 Å². The van der Waals surface area contributed by atoms with Crippen LogP contribution in [0.5, 0.6) is 11.5 Å². The summed E-state index contributed by atoms with van der Waals surface area (Å²) in [6.45, 7) is 14.0. The molecule has 0 saturated carbocycles. The lowest BCUT2D eigenvalue weighted by molar-refractivity contribution is -0.172. The average Bonchev–Trinajstić information content (AvgIpc) is 3.82. The third kappa shape index (κ3) is 4.21. The number of ether oxygens (including phenoxy) is 4. The van der Waals surface area contributed by atoms with Gasteiger partial charge in [-0.3, -0.25) is 28.8 Å². The van der Waals surface area contributed by atoms with Crippen LogP contribution in [0.3, 0.4) is 0 Å². The van der Waals surface area contributed by atoms with Gasteiger partial charge in [0.25, 0.3) is 0 Å². The maximum Gasteiger partial charge on any atom is 0.200 e. The van der Waals surface area contributed by atoms with Crippen LogP contribution in [0.1, 0.15) is 55.3 Å². The SMILES string of the molecule is COc1c(-c2ccc3c(c2OC)C(=O)[C@@]2(C(C)=O)[C@@H](C3=O)[C@H]3C=C[C@]2(O[Si](C)(C)C)O3)ccc2c1C(=O)[C@@]1(C(C)=O)[C@@H](C2=O)[C@H]2C=C[C@]1(O[Si](C)(C)C)O2. The molecule has 54 heavy (non-hydrogen) atoms. The molecule has 2 aromatic carbocycles. The van der Waals surface area contributed by atoms with Crippen LogP contribution in [-0.2, 0) is 27.9 Å². The molecule has 6 aliphatic rings. The number of hydrogen-bond donors (Lipinski definition) is 0. The van der Waals surface area contributed by atoms with Crippen molar-refractivity contribution < 1.29 is 56.6 Å². The van der Waals surface area contributed by atoms with Crippen molar-refractivity contribution in [3.8, 4) is 22.6 Å². The van der Waals surface area contributed by atoms with Gasteiger partial charge in [0, 0.05) is 22.3 Å². The van der Waals surface area contributed by atoms with Crippen molar-refractivity contribution in [1.82, 2.24) is 0 Å². The zero-order valence-corrected chi connectivity index (χ0v) is 33.8. The van der Waals surface area contributed by atoms with E-state index < -0.39 is 97.8 Å². The smallest absolute Gasteiger partial charge is 0.200 e. The molecule has 0 aromatic heterocycles. The van der Waals surface area contributed by atoms with Crippen LogP contribution in [0.15, 0.2) is 48.6 Å². The molecule has 4 bridgehead atoms. The summed E-state index contributed by atoms with van der Waals surface area (Å²) in [6.07, 6.45) is 4.80. The fourth-order valence-corrected chi connectivity index (χ4v) is 12.4. The van der Waals surface area contributed by atoms with Crippen molar-refractivity contribution in [2.24, 2.45) is 22.7 Å². The predicted molar refractivity (Wildman–Crippen MR) is 198 cm³/mol. The van der Waals surface area contributed by atoms with Gasteiger partial charge in [-0.15, -0.1) is 0 Å². The summed E-state index contributed by atoms with van der Waals surface area (Å²) in [5, 5.41) is 0. The summed E-state index contributed by atoms with van der Waals surface area (Å²) in [5.74, 6) is -9.47. The van der Waals surface area contributed by atoms with Gasteiger partial charge in [-0.1, -0.05) is 12.2 Å². The van der Waals surface area contributed by atoms with Crippen molar-refractivity contribution in [3.63, 3.8) is 0 Å². The maximum atomic E-state index is 15.2. The van der Waals surface area contributed by atoms with E-state index in [1.54, 1.807) is 36.4 Å². The Bertz CT molecular complexity index is 2070. The molecule has 4 aliphatic heterocycles. The van der Waals surface area contributed by atoms with Gasteiger partial charge in [0.05, 0.1) is 49.4 Å². The number of Topliss-reactive ketones (excluding diaryl/α,β-unsaturated/α-hetero) is 6. The molecular weight excluding hydrogens is 729 g/mol. The molecule has 2 aromatic rings. The molecule has 8 atom stereocenters. The van der Waals surface area contributed by atoms with Crippen LogP contribution in [0.25, 0.3) is 11.1 Å². The van der Waals surface area contributed by atoms with Gasteiger partial charge in [-0.25, -0.2) is 0 Å². The largest absolute Gasteiger partial charge is 0.495 e. The fraction of sp³-hybridized carbons (Fsp3) is 0.450. The standard InChI is InChI=1S/C40H42O12Si2/c1-19(41)39-29(25-15-17-37(39,49-25)51-53(5,6)7)31(43)23-13-11-21(33(47-3)27(23)35(39)45)22-12-14-24-28(34(22)48-4)36(46)40(20(2)42)30(32(24)44)26-16-18-38(40,50-26)52-54(8,9)10/h11-18,25-26,29-30H,1-10H3/t25-,26-,29-,30-,37-,38-,39-,40-/m1/s1. The molecule has 2 aliphatic carbocycles. The second-order valence-corrected chi connectivity index (χ2v) is 25.7. The zero-order valence-electron chi connectivity index (χ0n) is 31.8. The van der Waals surface area contributed by atoms with E-state index in [0.29, 0.717) is 0 Å². The molecule has 2 saturated heterocycles. The number of ketones is 6. The van der Waals surface area contributed by atoms with E-state index in [1.807, 2.05) is 39.3 Å². The normalized spacial score (nSPS) is 34.2. The Morgan fingerprint density at radius 1 is 0.593 bits per heavy atom. The maximum absolute atomic E-state index is 15.2. The molecular formula is C40H42O12Si2. The minimum Gasteiger partial charge on any atom is -0.495 e. The molecule has 0 spiro atoms. The number of benzene rings is 2. The second-order valence-electron chi connectivity index (χ2n) is 16.9. The molecule has 4 heterocycles. The van der Waals surface area contributed by atoms with Crippen molar-refractivity contribution in [2.45, 2.75) is 76.9 Å². The summed E-state index contributed by atoms with van der Waals surface area (Å²) in [4.78, 5) is 87.2. The molecule has 2 fully saturated rings. The first-order valence-electron chi connectivity index (χ1n) is 17.9. The van der Waals surface area contributed by atoms with Crippen LogP contribution in [0.4, 0.5) is 0 Å². The lowest BCUT2D eigenvalue weighted by Crippen LogP contribution is -2.64. The van der Waals surface area contributed by atoms with Gasteiger partial charge in [0.1, 0.15) is 23.1 Å². The lowest BCUT2D eigenvalue weighted by Gasteiger charge is -2.47. The zero-order chi connectivity index (χ0) is 39.3. The number of rotatable bonds is 9. The number of carbonyl (C=O) groups is 6. The third-order valence-corrected chi connectivity index (χ3v) is 13.5. The molecule has 0 unspecified atom stereocenters. The third-order valence-electron chi connectivity index (χ3n) is 11.6. The van der Waals surface area contributed by atoms with E-state index in [1.165, 1.54) is 40.2 Å². The van der Waals surface area contributed by atoms with Crippen LogP contribution < -0.4 is 9.47 Å². The number of fused-ring (bicyclic) bond motifs is 12. The second kappa shape index (κ2) is 11.2. The highest BCUT2D eigenvalue weighted by atomic mass is 28.4. The Morgan fingerprint density at radius 3 is 1.22 bits per heavy atom. The first kappa shape index (κ1) is 36.8. The van der Waals surface area contributed by atoms with Gasteiger partial charge < -0.3 is 27.8 Å². The Labute approximate surface area is 314 Å². The lowest BCUT2D eigenvalue weighted by atomic mass is 9.55. The molecule has 0 amide bonds. The number of methoxy groups -OCH3 is 2. The van der Waals surface area contributed by atoms with Crippen LogP contribution in [0.2, 0.25) is 39.3 Å². The van der Waals surface area contributed by atoms with E-state index in [4.69, 9.17) is 27.8 Å². The van der Waals surface area contributed by atoms with Crippen molar-refractivity contribution in [1.29, 1.82) is 0 Å². The van der Waals surface area contributed by atoms with Crippen LogP contribution in [-0.4, -0.2) is 89.3 Å². The highest BCUT2D eigenvalue weighted by Gasteiger charge is 2.79. The van der Waals surface area contributed by atoms with Gasteiger partial charge in [0.2, 0.25) is 11.6 Å². The first-order valence-corrected chi connectivity index (χ1v) is 24.8. The molecule has 12 nitrogen and oxygen atoms in total. The van der Waals surface area contributed by atoms with Crippen LogP contribution in [0, 0.1) is 22.7 Å². The van der Waals surface area contributed by atoms with Crippen LogP contribution >= 0.6 is 0 Å². The highest BCUT2D eigenvalue weighted by Crippen LogP contribution is 2.65. The highest BCUT2D eigenvalue weighted by molar-refractivity contribution is 6.70. The minimum atomic E-state index is -2.52. The molecule has 0 radical (unpaired) electrons. The Kier molecular flexibility index (Phi) is 7.63. The molecule has 0 N–H and O–H groups in total. The molecule has 14 heteroatoms. The Balaban J connectivity index is 1.35. The Hall–Kier alpha value is -4.19. The monoisotopic (exact) mass is 770 g/mol. The van der Waals surface area contributed by atoms with Gasteiger partial charge in [0.15, 0.2) is 50.6 Å². The molecule has 282 valence electrons. The summed E-state index contributed by atoms with van der Waals surface area (Å²) >= 11 is 0. The van der Waals surface area contributed by atoms with E-state index in [0.717, 1.165) is 0 Å².